The molecule has 190 valence electrons. The Balaban J connectivity index is 1.97. The molecule has 0 bridgehead atoms. The minimum atomic E-state index is -3.75. The van der Waals surface area contributed by atoms with Gasteiger partial charge in [0.25, 0.3) is 5.56 Å². The summed E-state index contributed by atoms with van der Waals surface area (Å²) in [5.41, 5.74) is 0.203. The third kappa shape index (κ3) is 4.53. The van der Waals surface area contributed by atoms with Gasteiger partial charge in [0.2, 0.25) is 10.0 Å². The first-order valence-electron chi connectivity index (χ1n) is 11.6. The molecule has 4 rings (SSSR count). The van der Waals surface area contributed by atoms with E-state index in [1.54, 1.807) is 6.07 Å². The number of halogens is 1. The largest absolute Gasteiger partial charge is 0.493 e. The van der Waals surface area contributed by atoms with Crippen molar-refractivity contribution in [1.82, 2.24) is 23.7 Å². The average Bonchev–Trinajstić information content (AvgIpc) is 3.18. The molecule has 3 heterocycles. The first-order valence-corrected chi connectivity index (χ1v) is 13.4. The number of hydrogen-bond acceptors (Lipinski definition) is 6. The van der Waals surface area contributed by atoms with Gasteiger partial charge in [0.05, 0.1) is 27.7 Å². The number of nitrogens with one attached hydrogen (secondary N) is 2. The fourth-order valence-corrected chi connectivity index (χ4v) is 6.12. The minimum absolute atomic E-state index is 0.0973. The van der Waals surface area contributed by atoms with Gasteiger partial charge in [-0.2, -0.15) is 4.31 Å². The number of aromatic amines is 1. The number of sulfonamides is 1. The van der Waals surface area contributed by atoms with Gasteiger partial charge < -0.3 is 15.0 Å². The molecule has 1 fully saturated rings. The van der Waals surface area contributed by atoms with Crippen LogP contribution in [0.5, 0.6) is 5.75 Å². The summed E-state index contributed by atoms with van der Waals surface area (Å²) in [5.74, 6) is 0.532. The predicted octanol–water partition coefficient (Wildman–Crippen LogP) is 2.00. The number of fused-ring (bicyclic) bond motifs is 1. The van der Waals surface area contributed by atoms with Crippen LogP contribution >= 0.6 is 11.6 Å². The van der Waals surface area contributed by atoms with E-state index < -0.39 is 21.3 Å². The Morgan fingerprint density at radius 2 is 1.86 bits per heavy atom. The van der Waals surface area contributed by atoms with Crippen molar-refractivity contribution in [2.24, 2.45) is 13.0 Å². The molecule has 1 saturated heterocycles. The predicted molar refractivity (Wildman–Crippen MR) is 136 cm³/mol. The Bertz CT molecular complexity index is 1480. The van der Waals surface area contributed by atoms with Crippen LogP contribution in [0.4, 0.5) is 0 Å². The molecule has 1 aliphatic heterocycles. The molecule has 0 saturated carbocycles. The molecule has 35 heavy (non-hydrogen) atoms. The van der Waals surface area contributed by atoms with Gasteiger partial charge in [0, 0.05) is 45.3 Å². The summed E-state index contributed by atoms with van der Waals surface area (Å²) in [6.45, 7) is 8.33. The summed E-state index contributed by atoms with van der Waals surface area (Å²) in [6, 6.07) is 4.61. The van der Waals surface area contributed by atoms with E-state index in [4.69, 9.17) is 16.3 Å². The number of H-pyrrole nitrogens is 1. The van der Waals surface area contributed by atoms with E-state index in [2.05, 4.69) is 10.3 Å². The molecule has 0 spiro atoms. The van der Waals surface area contributed by atoms with E-state index in [1.807, 2.05) is 20.8 Å². The monoisotopic (exact) mass is 523 g/mol. The third-order valence-electron chi connectivity index (χ3n) is 6.00. The Morgan fingerprint density at radius 3 is 2.49 bits per heavy atom. The second kappa shape index (κ2) is 9.81. The molecule has 2 N–H and O–H groups in total. The Hall–Kier alpha value is -2.60. The molecule has 2 aromatic heterocycles. The molecule has 12 heteroatoms. The number of hydrogen-bond donors (Lipinski definition) is 2. The number of nitrogens with zero attached hydrogens (tertiary/aromatic N) is 3. The van der Waals surface area contributed by atoms with Crippen LogP contribution in [0.15, 0.2) is 32.7 Å². The highest BCUT2D eigenvalue weighted by atomic mass is 35.5. The molecule has 0 unspecified atom stereocenters. The van der Waals surface area contributed by atoms with Gasteiger partial charge in [-0.05, 0) is 31.0 Å². The molecule has 0 atom stereocenters. The molecule has 0 radical (unpaired) electrons. The van der Waals surface area contributed by atoms with Crippen molar-refractivity contribution in [3.05, 3.63) is 44.1 Å². The quantitative estimate of drug-likeness (QED) is 0.489. The zero-order valence-electron chi connectivity index (χ0n) is 20.2. The standard InChI is InChI=1S/C23H30ClN5O5S/c1-5-34-17-7-6-15(35(32,33)28-10-8-25-9-11-28)12-16(17)19-18(24)21-20(26-19)22(30)27(4)23(31)29(21)13-14(2)3/h6-7,12,14,25-26H,5,8-11,13H2,1-4H3. The highest BCUT2D eigenvalue weighted by molar-refractivity contribution is 7.89. The lowest BCUT2D eigenvalue weighted by molar-refractivity contribution is 0.341. The normalized spacial score (nSPS) is 15.3. The van der Waals surface area contributed by atoms with Gasteiger partial charge in [-0.1, -0.05) is 25.4 Å². The summed E-state index contributed by atoms with van der Waals surface area (Å²) >= 11 is 6.80. The summed E-state index contributed by atoms with van der Waals surface area (Å²) < 4.78 is 36.4. The molecule has 10 nitrogen and oxygen atoms in total. The average molecular weight is 524 g/mol. The summed E-state index contributed by atoms with van der Waals surface area (Å²) in [6.07, 6.45) is 0. The molecular formula is C23H30ClN5O5S. The fourth-order valence-electron chi connectivity index (χ4n) is 4.31. The summed E-state index contributed by atoms with van der Waals surface area (Å²) in [7, 11) is -2.33. The minimum Gasteiger partial charge on any atom is -0.493 e. The van der Waals surface area contributed by atoms with Gasteiger partial charge in [0.1, 0.15) is 11.3 Å². The highest BCUT2D eigenvalue weighted by Crippen LogP contribution is 2.39. The Morgan fingerprint density at radius 1 is 1.17 bits per heavy atom. The van der Waals surface area contributed by atoms with E-state index in [0.717, 1.165) is 4.57 Å². The topological polar surface area (TPSA) is 118 Å². The first-order chi connectivity index (χ1) is 16.6. The molecule has 3 aromatic rings. The number of piperazine rings is 1. The number of benzene rings is 1. The molecular weight excluding hydrogens is 494 g/mol. The molecule has 1 aromatic carbocycles. The Kier molecular flexibility index (Phi) is 7.14. The van der Waals surface area contributed by atoms with Gasteiger partial charge in [0.15, 0.2) is 0 Å². The summed E-state index contributed by atoms with van der Waals surface area (Å²) in [5, 5.41) is 3.31. The lowest BCUT2D eigenvalue weighted by atomic mass is 10.1. The Labute approximate surface area is 208 Å². The van der Waals surface area contributed by atoms with Gasteiger partial charge in [-0.3, -0.25) is 13.9 Å². The molecule has 0 amide bonds. The van der Waals surface area contributed by atoms with Crippen molar-refractivity contribution >= 4 is 32.7 Å². The van der Waals surface area contributed by atoms with Crippen molar-refractivity contribution in [1.29, 1.82) is 0 Å². The molecule has 1 aliphatic rings. The van der Waals surface area contributed by atoms with Crippen molar-refractivity contribution in [2.45, 2.75) is 32.2 Å². The van der Waals surface area contributed by atoms with Gasteiger partial charge in [-0.25, -0.2) is 13.2 Å². The number of aromatic nitrogens is 3. The zero-order valence-corrected chi connectivity index (χ0v) is 21.8. The van der Waals surface area contributed by atoms with Crippen molar-refractivity contribution in [3.63, 3.8) is 0 Å². The maximum atomic E-state index is 13.3. The second-order valence-corrected chi connectivity index (χ2v) is 11.2. The zero-order chi connectivity index (χ0) is 25.5. The molecule has 0 aliphatic carbocycles. The maximum Gasteiger partial charge on any atom is 0.331 e. The lowest BCUT2D eigenvalue weighted by Gasteiger charge is -2.27. The maximum absolute atomic E-state index is 13.3. The van der Waals surface area contributed by atoms with Crippen LogP contribution in [0.3, 0.4) is 0 Å². The van der Waals surface area contributed by atoms with Crippen LogP contribution in [-0.4, -0.2) is 59.6 Å². The first kappa shape index (κ1) is 25.5. The SMILES string of the molecule is CCOc1ccc(S(=O)(=O)N2CCNCC2)cc1-c1[nH]c2c(=O)n(C)c(=O)n(CC(C)C)c2c1Cl. The van der Waals surface area contributed by atoms with Crippen LogP contribution < -0.4 is 21.3 Å². The van der Waals surface area contributed by atoms with Crippen molar-refractivity contribution in [2.75, 3.05) is 32.8 Å². The van der Waals surface area contributed by atoms with Gasteiger partial charge in [-0.15, -0.1) is 0 Å². The summed E-state index contributed by atoms with van der Waals surface area (Å²) in [4.78, 5) is 29.0. The van der Waals surface area contributed by atoms with Crippen LogP contribution in [0, 0.1) is 5.92 Å². The fraction of sp³-hybridized carbons (Fsp3) is 0.478. The number of ether oxygens (including phenoxy) is 1. The highest BCUT2D eigenvalue weighted by Gasteiger charge is 2.28. The third-order valence-corrected chi connectivity index (χ3v) is 8.26. The second-order valence-electron chi connectivity index (χ2n) is 8.93. The lowest BCUT2D eigenvalue weighted by Crippen LogP contribution is -2.46. The van der Waals surface area contributed by atoms with Crippen molar-refractivity contribution in [3.8, 4) is 17.0 Å². The van der Waals surface area contributed by atoms with E-state index in [1.165, 1.54) is 28.1 Å². The number of rotatable bonds is 7. The van der Waals surface area contributed by atoms with E-state index in [9.17, 15) is 18.0 Å². The van der Waals surface area contributed by atoms with E-state index in [0.29, 0.717) is 61.9 Å². The van der Waals surface area contributed by atoms with Crippen LogP contribution in [0.25, 0.3) is 22.3 Å². The van der Waals surface area contributed by atoms with E-state index >= 15 is 0 Å². The van der Waals surface area contributed by atoms with E-state index in [-0.39, 0.29) is 21.4 Å². The van der Waals surface area contributed by atoms with Crippen LogP contribution in [0.1, 0.15) is 20.8 Å². The van der Waals surface area contributed by atoms with Crippen LogP contribution in [0.2, 0.25) is 5.02 Å². The van der Waals surface area contributed by atoms with Gasteiger partial charge >= 0.3 is 5.69 Å². The smallest absolute Gasteiger partial charge is 0.331 e. The van der Waals surface area contributed by atoms with Crippen LogP contribution in [-0.2, 0) is 23.6 Å². The van der Waals surface area contributed by atoms with Crippen molar-refractivity contribution < 1.29 is 13.2 Å².